The summed E-state index contributed by atoms with van der Waals surface area (Å²) in [5, 5.41) is 0. The molecule has 2 bridgehead atoms. The molecule has 6 atom stereocenters. The highest BCUT2D eigenvalue weighted by molar-refractivity contribution is 5.99. The van der Waals surface area contributed by atoms with E-state index < -0.39 is 5.54 Å². The molecule has 3 aliphatic heterocycles. The largest absolute Gasteiger partial charge is 0.469 e. The maximum Gasteiger partial charge on any atom is 0.311 e. The number of hydrogen-bond donors (Lipinski definition) is 0. The molecule has 0 N–H and O–H groups in total. The van der Waals surface area contributed by atoms with Crippen molar-refractivity contribution in [2.75, 3.05) is 32.1 Å². The SMILES string of the molecule is COC(=O)C1CC23CCC[N+]4(C)CCC5(c6ccccc6N(C(C)=O)C15CC2)C34. The number of para-hydroxylation sites is 1. The molecule has 3 saturated carbocycles. The van der Waals surface area contributed by atoms with Gasteiger partial charge in [-0.1, -0.05) is 18.2 Å². The van der Waals surface area contributed by atoms with Crippen LogP contribution < -0.4 is 4.90 Å². The fourth-order valence-electron chi connectivity index (χ4n) is 9.45. The molecule has 0 aromatic heterocycles. The minimum absolute atomic E-state index is 0.0644. The third-order valence-corrected chi connectivity index (χ3v) is 9.82. The summed E-state index contributed by atoms with van der Waals surface area (Å²) >= 11 is 0. The van der Waals surface area contributed by atoms with E-state index in [1.165, 1.54) is 32.1 Å². The summed E-state index contributed by atoms with van der Waals surface area (Å²) in [6.07, 6.45) is 6.42. The fraction of sp³-hybridized carbons (Fsp3) is 0.667. The van der Waals surface area contributed by atoms with Crippen LogP contribution in [0.2, 0.25) is 0 Å². The quantitative estimate of drug-likeness (QED) is 0.542. The lowest BCUT2D eigenvalue weighted by Gasteiger charge is -2.70. The van der Waals surface area contributed by atoms with Crippen LogP contribution in [-0.2, 0) is 19.7 Å². The van der Waals surface area contributed by atoms with Crippen molar-refractivity contribution in [3.8, 4) is 0 Å². The summed E-state index contributed by atoms with van der Waals surface area (Å²) in [7, 11) is 3.96. The van der Waals surface area contributed by atoms with Crippen LogP contribution in [0.5, 0.6) is 0 Å². The van der Waals surface area contributed by atoms with Crippen molar-refractivity contribution in [1.29, 1.82) is 0 Å². The second kappa shape index (κ2) is 5.23. The van der Waals surface area contributed by atoms with Crippen molar-refractivity contribution in [1.82, 2.24) is 0 Å². The minimum Gasteiger partial charge on any atom is -0.469 e. The number of esters is 1. The van der Waals surface area contributed by atoms with Crippen LogP contribution in [0.15, 0.2) is 24.3 Å². The monoisotopic (exact) mass is 395 g/mol. The van der Waals surface area contributed by atoms with Gasteiger partial charge in [0, 0.05) is 24.4 Å². The van der Waals surface area contributed by atoms with Crippen molar-refractivity contribution in [3.05, 3.63) is 29.8 Å². The van der Waals surface area contributed by atoms with E-state index in [0.29, 0.717) is 6.04 Å². The minimum atomic E-state index is -0.477. The second-order valence-electron chi connectivity index (χ2n) is 10.6. The number of amides is 1. The Kier molecular flexibility index (Phi) is 3.24. The normalized spacial score (nSPS) is 46.1. The Bertz CT molecular complexity index is 946. The van der Waals surface area contributed by atoms with E-state index >= 15 is 0 Å². The van der Waals surface area contributed by atoms with Gasteiger partial charge in [0.25, 0.3) is 0 Å². The number of carbonyl (C=O) groups excluding carboxylic acids is 2. The predicted octanol–water partition coefficient (Wildman–Crippen LogP) is 3.02. The summed E-state index contributed by atoms with van der Waals surface area (Å²) < 4.78 is 6.50. The number of fused-ring (bicyclic) bond motifs is 3. The number of likely N-dealkylation sites (N-methyl/N-ethyl adjacent to an activating group) is 1. The summed E-state index contributed by atoms with van der Waals surface area (Å²) in [4.78, 5) is 28.5. The van der Waals surface area contributed by atoms with E-state index in [4.69, 9.17) is 4.74 Å². The van der Waals surface area contributed by atoms with Crippen LogP contribution in [-0.4, -0.2) is 55.2 Å². The van der Waals surface area contributed by atoms with Gasteiger partial charge in [-0.3, -0.25) is 9.59 Å². The maximum atomic E-state index is 13.3. The van der Waals surface area contributed by atoms with Gasteiger partial charge in [-0.25, -0.2) is 0 Å². The van der Waals surface area contributed by atoms with E-state index in [0.717, 1.165) is 42.4 Å². The lowest BCUT2D eigenvalue weighted by atomic mass is 9.38. The van der Waals surface area contributed by atoms with E-state index in [1.54, 1.807) is 6.92 Å². The van der Waals surface area contributed by atoms with E-state index in [9.17, 15) is 9.59 Å². The number of rotatable bonds is 1. The number of benzene rings is 1. The molecule has 1 amide bonds. The zero-order valence-electron chi connectivity index (χ0n) is 17.7. The Labute approximate surface area is 172 Å². The average Bonchev–Trinajstić information content (AvgIpc) is 3.19. The van der Waals surface area contributed by atoms with Crippen LogP contribution in [0.4, 0.5) is 5.69 Å². The summed E-state index contributed by atoms with van der Waals surface area (Å²) in [6.45, 7) is 4.04. The molecule has 3 heterocycles. The number of hydrogen-bond acceptors (Lipinski definition) is 3. The van der Waals surface area contributed by atoms with Crippen LogP contribution in [0.1, 0.15) is 51.0 Å². The first-order valence-corrected chi connectivity index (χ1v) is 11.2. The van der Waals surface area contributed by atoms with Crippen LogP contribution >= 0.6 is 0 Å². The van der Waals surface area contributed by atoms with Gasteiger partial charge in [-0.05, 0) is 43.7 Å². The van der Waals surface area contributed by atoms with Crippen molar-refractivity contribution in [3.63, 3.8) is 0 Å². The van der Waals surface area contributed by atoms with E-state index in [1.807, 2.05) is 6.07 Å². The molecule has 5 fully saturated rings. The molecule has 154 valence electrons. The molecule has 29 heavy (non-hydrogen) atoms. The first-order chi connectivity index (χ1) is 13.9. The number of ether oxygens (including phenoxy) is 1. The third-order valence-electron chi connectivity index (χ3n) is 9.82. The van der Waals surface area contributed by atoms with Gasteiger partial charge >= 0.3 is 5.97 Å². The Morgan fingerprint density at radius 2 is 1.93 bits per heavy atom. The molecule has 5 heteroatoms. The van der Waals surface area contributed by atoms with Crippen LogP contribution in [0, 0.1) is 11.3 Å². The van der Waals surface area contributed by atoms with Gasteiger partial charge in [0.1, 0.15) is 6.04 Å². The predicted molar refractivity (Wildman–Crippen MR) is 109 cm³/mol. The fourth-order valence-corrected chi connectivity index (χ4v) is 9.45. The number of quaternary nitrogens is 1. The smallest absolute Gasteiger partial charge is 0.311 e. The van der Waals surface area contributed by atoms with Crippen molar-refractivity contribution in [2.45, 2.75) is 62.4 Å². The molecule has 6 aliphatic rings. The molecule has 0 radical (unpaired) electrons. The topological polar surface area (TPSA) is 46.6 Å². The molecule has 3 aliphatic carbocycles. The summed E-state index contributed by atoms with van der Waals surface area (Å²) in [5.41, 5.74) is 1.94. The summed E-state index contributed by atoms with van der Waals surface area (Å²) in [6, 6.07) is 9.02. The van der Waals surface area contributed by atoms with Gasteiger partial charge in [0.05, 0.1) is 44.1 Å². The number of anilines is 1. The lowest BCUT2D eigenvalue weighted by molar-refractivity contribution is -0.939. The molecule has 5 nitrogen and oxygen atoms in total. The van der Waals surface area contributed by atoms with E-state index in [-0.39, 0.29) is 28.6 Å². The third kappa shape index (κ3) is 1.68. The highest BCUT2D eigenvalue weighted by Gasteiger charge is 2.85. The Hall–Kier alpha value is -1.88. The van der Waals surface area contributed by atoms with Crippen molar-refractivity contribution in [2.24, 2.45) is 11.3 Å². The Balaban J connectivity index is 1.72. The zero-order chi connectivity index (χ0) is 20.2. The first-order valence-electron chi connectivity index (χ1n) is 11.2. The van der Waals surface area contributed by atoms with Crippen LogP contribution in [0.25, 0.3) is 0 Å². The van der Waals surface area contributed by atoms with Gasteiger partial charge in [-0.15, -0.1) is 0 Å². The van der Waals surface area contributed by atoms with Gasteiger partial charge in [-0.2, -0.15) is 0 Å². The molecule has 1 aromatic carbocycles. The molecule has 7 rings (SSSR count). The molecule has 3 spiro atoms. The van der Waals surface area contributed by atoms with Gasteiger partial charge in [0.2, 0.25) is 5.91 Å². The van der Waals surface area contributed by atoms with E-state index in [2.05, 4.69) is 30.1 Å². The highest BCUT2D eigenvalue weighted by Crippen LogP contribution is 2.77. The zero-order valence-corrected chi connectivity index (χ0v) is 17.7. The number of piperidine rings is 1. The standard InChI is InChI=1S/C24H31N2O3/c1-16(27)25-19-8-5-4-7-17(19)23-12-14-26(2)13-6-9-22(21(23)26)10-11-24(23,25)18(15-22)20(28)29-3/h4-5,7-8,18,21H,6,9-15H2,1-3H3/q+1. The second-order valence-corrected chi connectivity index (χ2v) is 10.6. The van der Waals surface area contributed by atoms with Crippen molar-refractivity contribution < 1.29 is 18.8 Å². The number of methoxy groups -OCH3 is 1. The number of nitrogens with zero attached hydrogens (tertiary/aromatic N) is 2. The highest BCUT2D eigenvalue weighted by atomic mass is 16.5. The average molecular weight is 396 g/mol. The molecule has 1 aromatic rings. The van der Waals surface area contributed by atoms with Crippen LogP contribution in [0.3, 0.4) is 0 Å². The van der Waals surface area contributed by atoms with Crippen molar-refractivity contribution >= 4 is 17.6 Å². The first kappa shape index (κ1) is 17.9. The lowest BCUT2D eigenvalue weighted by Crippen LogP contribution is -2.81. The summed E-state index contributed by atoms with van der Waals surface area (Å²) in [5.74, 6) is -0.291. The Morgan fingerprint density at radius 3 is 2.69 bits per heavy atom. The molecular formula is C24H31N2O3+. The molecular weight excluding hydrogens is 364 g/mol. The van der Waals surface area contributed by atoms with Gasteiger partial charge < -0.3 is 14.1 Å². The Morgan fingerprint density at radius 1 is 1.14 bits per heavy atom. The molecule has 6 unspecified atom stereocenters. The maximum absolute atomic E-state index is 13.3. The molecule has 2 saturated heterocycles. The van der Waals surface area contributed by atoms with Gasteiger partial charge in [0.15, 0.2) is 0 Å². The number of carbonyl (C=O) groups is 2.